The van der Waals surface area contributed by atoms with Crippen LogP contribution in [0, 0.1) is 6.92 Å². The Morgan fingerprint density at radius 2 is 1.35 bits per heavy atom. The first kappa shape index (κ1) is 33.8. The number of ether oxygens (including phenoxy) is 10. The van der Waals surface area contributed by atoms with Crippen LogP contribution in [-0.2, 0) is 42.6 Å². The summed E-state index contributed by atoms with van der Waals surface area (Å²) in [5, 5.41) is 0.693. The fourth-order valence-electron chi connectivity index (χ4n) is 3.80. The molecule has 15 nitrogen and oxygen atoms in total. The molecule has 0 spiro atoms. The molecule has 4 atom stereocenters. The minimum absolute atomic E-state index is 0.0282. The highest BCUT2D eigenvalue weighted by Crippen LogP contribution is 2.35. The minimum Gasteiger partial charge on any atom is -0.476 e. The number of hydrogen-bond acceptors (Lipinski definition) is 16. The van der Waals surface area contributed by atoms with Gasteiger partial charge in [-0.1, -0.05) is 0 Å². The first-order valence-electron chi connectivity index (χ1n) is 13.1. The summed E-state index contributed by atoms with van der Waals surface area (Å²) >= 11 is 1.10. The van der Waals surface area contributed by atoms with Gasteiger partial charge in [0.15, 0.2) is 23.7 Å². The Labute approximate surface area is 250 Å². The Kier molecular flexibility index (Phi) is 13.7. The van der Waals surface area contributed by atoms with Crippen molar-refractivity contribution in [2.24, 2.45) is 0 Å². The molecule has 1 aliphatic heterocycles. The molecule has 1 aromatic heterocycles. The third-order valence-corrected chi connectivity index (χ3v) is 7.01. The molecule has 238 valence electrons. The summed E-state index contributed by atoms with van der Waals surface area (Å²) in [5.74, 6) is 0.278. The molecule has 1 aromatic carbocycles. The summed E-state index contributed by atoms with van der Waals surface area (Å²) in [6.45, 7) is 1.74. The highest BCUT2D eigenvalue weighted by Gasteiger charge is 2.49. The number of rotatable bonds is 14. The Morgan fingerprint density at radius 3 is 1.93 bits per heavy atom. The SMILES string of the molecule is COCCOC(=O)O[C@H]1[C@H](OC(=O)OCCOC)CSC(Oc2ccc3c(C)cc(=O)oc3c2)[C@@H]1OC(=O)OCCOC. The highest BCUT2D eigenvalue weighted by molar-refractivity contribution is 7.99. The zero-order chi connectivity index (χ0) is 31.2. The van der Waals surface area contributed by atoms with Gasteiger partial charge in [-0.3, -0.25) is 0 Å². The largest absolute Gasteiger partial charge is 0.508 e. The quantitative estimate of drug-likeness (QED) is 0.129. The van der Waals surface area contributed by atoms with Crippen molar-refractivity contribution in [3.05, 3.63) is 40.2 Å². The molecule has 0 aliphatic carbocycles. The third-order valence-electron chi connectivity index (χ3n) is 5.79. The van der Waals surface area contributed by atoms with Crippen molar-refractivity contribution in [2.75, 3.05) is 66.7 Å². The lowest BCUT2D eigenvalue weighted by atomic mass is 10.1. The molecule has 2 aromatic rings. The molecule has 1 fully saturated rings. The smallest absolute Gasteiger partial charge is 0.476 e. The van der Waals surface area contributed by atoms with Gasteiger partial charge in [0.2, 0.25) is 0 Å². The lowest BCUT2D eigenvalue weighted by Crippen LogP contribution is -2.56. The molecular weight excluding hydrogens is 596 g/mol. The number of carbonyl (C=O) groups excluding carboxylic acids is 3. The van der Waals surface area contributed by atoms with Gasteiger partial charge in [-0.15, -0.1) is 11.8 Å². The van der Waals surface area contributed by atoms with E-state index in [1.54, 1.807) is 19.1 Å². The van der Waals surface area contributed by atoms with E-state index in [1.807, 2.05) is 0 Å². The summed E-state index contributed by atoms with van der Waals surface area (Å²) in [4.78, 5) is 49.5. The van der Waals surface area contributed by atoms with Crippen LogP contribution < -0.4 is 10.4 Å². The van der Waals surface area contributed by atoms with Gasteiger partial charge < -0.3 is 51.8 Å². The summed E-state index contributed by atoms with van der Waals surface area (Å²) in [7, 11) is 4.28. The third kappa shape index (κ3) is 10.5. The summed E-state index contributed by atoms with van der Waals surface area (Å²) in [6, 6.07) is 6.21. The van der Waals surface area contributed by atoms with E-state index < -0.39 is 47.8 Å². The van der Waals surface area contributed by atoms with Crippen LogP contribution in [0.4, 0.5) is 14.4 Å². The molecule has 0 radical (unpaired) electrons. The van der Waals surface area contributed by atoms with Crippen LogP contribution in [-0.4, -0.2) is 109 Å². The lowest BCUT2D eigenvalue weighted by molar-refractivity contribution is -0.122. The molecule has 1 unspecified atom stereocenters. The zero-order valence-corrected chi connectivity index (χ0v) is 24.9. The van der Waals surface area contributed by atoms with Gasteiger partial charge in [0.25, 0.3) is 0 Å². The van der Waals surface area contributed by atoms with Gasteiger partial charge in [-0.25, -0.2) is 19.2 Å². The van der Waals surface area contributed by atoms with Gasteiger partial charge in [0.05, 0.1) is 19.8 Å². The number of benzene rings is 1. The molecule has 0 bridgehead atoms. The second kappa shape index (κ2) is 17.4. The Morgan fingerprint density at radius 1 is 0.791 bits per heavy atom. The van der Waals surface area contributed by atoms with Crippen LogP contribution in [0.3, 0.4) is 0 Å². The van der Waals surface area contributed by atoms with Crippen LogP contribution in [0.15, 0.2) is 33.5 Å². The maximum absolute atomic E-state index is 12.6. The maximum atomic E-state index is 12.6. The van der Waals surface area contributed by atoms with E-state index >= 15 is 0 Å². The first-order chi connectivity index (χ1) is 20.7. The van der Waals surface area contributed by atoms with E-state index in [0.29, 0.717) is 10.9 Å². The number of carbonyl (C=O) groups is 3. The van der Waals surface area contributed by atoms with Crippen molar-refractivity contribution < 1.29 is 66.2 Å². The van der Waals surface area contributed by atoms with Crippen molar-refractivity contribution in [1.82, 2.24) is 0 Å². The molecule has 2 heterocycles. The van der Waals surface area contributed by atoms with E-state index in [9.17, 15) is 19.2 Å². The van der Waals surface area contributed by atoms with Crippen molar-refractivity contribution in [1.29, 1.82) is 0 Å². The number of aryl methyl sites for hydroxylation is 1. The van der Waals surface area contributed by atoms with E-state index in [0.717, 1.165) is 11.8 Å². The average Bonchev–Trinajstić information content (AvgIpc) is 2.96. The van der Waals surface area contributed by atoms with Crippen LogP contribution in [0.5, 0.6) is 5.75 Å². The van der Waals surface area contributed by atoms with Gasteiger partial charge >= 0.3 is 24.1 Å². The predicted octanol–water partition coefficient (Wildman–Crippen LogP) is 3.06. The number of methoxy groups -OCH3 is 3. The van der Waals surface area contributed by atoms with Gasteiger partial charge in [-0.05, 0) is 24.6 Å². The minimum atomic E-state index is -1.42. The highest BCUT2D eigenvalue weighted by atomic mass is 32.2. The van der Waals surface area contributed by atoms with Crippen LogP contribution in [0.1, 0.15) is 5.56 Å². The van der Waals surface area contributed by atoms with Crippen LogP contribution >= 0.6 is 11.8 Å². The van der Waals surface area contributed by atoms with Gasteiger partial charge in [-0.2, -0.15) is 0 Å². The van der Waals surface area contributed by atoms with Crippen molar-refractivity contribution >= 4 is 41.2 Å². The normalized spacial score (nSPS) is 19.7. The fraction of sp³-hybridized carbons (Fsp3) is 0.556. The number of hydrogen-bond donors (Lipinski definition) is 0. The number of thioether (sulfide) groups is 1. The lowest BCUT2D eigenvalue weighted by Gasteiger charge is -2.39. The van der Waals surface area contributed by atoms with Crippen molar-refractivity contribution in [3.8, 4) is 5.75 Å². The van der Waals surface area contributed by atoms with E-state index in [2.05, 4.69) is 0 Å². The molecule has 0 N–H and O–H groups in total. The molecule has 3 rings (SSSR count). The topological polar surface area (TPSA) is 174 Å². The van der Waals surface area contributed by atoms with Crippen LogP contribution in [0.25, 0.3) is 11.0 Å². The first-order valence-corrected chi connectivity index (χ1v) is 14.1. The molecular formula is C27H34O15S. The number of fused-ring (bicyclic) bond motifs is 1. The summed E-state index contributed by atoms with van der Waals surface area (Å²) in [6.07, 6.45) is -7.30. The standard InChI is InChI=1S/C27H34O15S/c1-16-13-21(28)39-19-14-17(5-6-18(16)19)38-24-23(42-27(31)37-12-9-34-4)22(41-26(30)36-11-8-33-3)20(15-43-24)40-25(29)35-10-7-32-2/h5-6,13-14,20,22-24H,7-12,15H2,1-4H3/t20-,22+,23-,24?/m1/s1. The van der Waals surface area contributed by atoms with Crippen molar-refractivity contribution in [3.63, 3.8) is 0 Å². The predicted molar refractivity (Wildman–Crippen MR) is 148 cm³/mol. The van der Waals surface area contributed by atoms with Gasteiger partial charge in [0, 0.05) is 44.6 Å². The van der Waals surface area contributed by atoms with E-state index in [-0.39, 0.29) is 56.7 Å². The van der Waals surface area contributed by atoms with E-state index in [4.69, 9.17) is 51.8 Å². The molecule has 1 saturated heterocycles. The monoisotopic (exact) mass is 630 g/mol. The second-order valence-corrected chi connectivity index (χ2v) is 9.95. The molecule has 43 heavy (non-hydrogen) atoms. The second-order valence-electron chi connectivity index (χ2n) is 8.82. The Balaban J connectivity index is 1.89. The molecule has 16 heteroatoms. The average molecular weight is 631 g/mol. The molecule has 1 aliphatic rings. The Hall–Kier alpha value is -3.73. The van der Waals surface area contributed by atoms with Crippen molar-refractivity contribution in [2.45, 2.75) is 30.7 Å². The molecule has 0 saturated carbocycles. The maximum Gasteiger partial charge on any atom is 0.508 e. The molecule has 0 amide bonds. The zero-order valence-electron chi connectivity index (χ0n) is 24.1. The summed E-state index contributed by atoms with van der Waals surface area (Å²) < 4.78 is 57.6. The van der Waals surface area contributed by atoms with E-state index in [1.165, 1.54) is 33.5 Å². The Bertz CT molecular complexity index is 1260. The fourth-order valence-corrected chi connectivity index (χ4v) is 5.02. The van der Waals surface area contributed by atoms with Gasteiger partial charge in [0.1, 0.15) is 31.2 Å². The van der Waals surface area contributed by atoms with Crippen LogP contribution in [0.2, 0.25) is 0 Å². The summed E-state index contributed by atoms with van der Waals surface area (Å²) in [5.41, 5.74) is -0.575.